The summed E-state index contributed by atoms with van der Waals surface area (Å²) in [5.41, 5.74) is 1.03. The Morgan fingerprint density at radius 3 is 1.75 bits per heavy atom. The zero-order chi connectivity index (χ0) is 9.56. The van der Waals surface area contributed by atoms with E-state index in [0.29, 0.717) is 0 Å². The highest BCUT2D eigenvalue weighted by Gasteiger charge is 2.00. The van der Waals surface area contributed by atoms with Gasteiger partial charge in [-0.3, -0.25) is 0 Å². The molecule has 0 saturated carbocycles. The van der Waals surface area contributed by atoms with Crippen LogP contribution in [0.25, 0.3) is 0 Å². The lowest BCUT2D eigenvalue weighted by Gasteiger charge is -2.01. The van der Waals surface area contributed by atoms with Crippen LogP contribution in [0.15, 0.2) is 18.2 Å². The first-order chi connectivity index (χ1) is 5.75. The minimum absolute atomic E-state index is 0.759. The van der Waals surface area contributed by atoms with Crippen molar-refractivity contribution < 1.29 is 0 Å². The fourth-order valence-corrected chi connectivity index (χ4v) is 1.53. The van der Waals surface area contributed by atoms with E-state index in [1.165, 1.54) is 0 Å². The van der Waals surface area contributed by atoms with E-state index < -0.39 is 0 Å². The van der Waals surface area contributed by atoms with E-state index >= 15 is 0 Å². The van der Waals surface area contributed by atoms with Crippen molar-refractivity contribution in [1.29, 1.82) is 0 Å². The second-order valence-electron chi connectivity index (χ2n) is 2.05. The molecule has 0 aliphatic rings. The summed E-state index contributed by atoms with van der Waals surface area (Å²) in [5, 5.41) is 1.52. The molecule has 0 spiro atoms. The van der Waals surface area contributed by atoms with Gasteiger partial charge in [0.15, 0.2) is 0 Å². The number of benzene rings is 1. The van der Waals surface area contributed by atoms with Gasteiger partial charge >= 0.3 is 0 Å². The summed E-state index contributed by atoms with van der Waals surface area (Å²) in [6.45, 7) is 6.03. The number of rotatable bonds is 1. The Kier molecular flexibility index (Phi) is 6.23. The quantitative estimate of drug-likeness (QED) is 0.629. The molecule has 0 aromatic heterocycles. The van der Waals surface area contributed by atoms with Gasteiger partial charge in [-0.2, -0.15) is 0 Å². The predicted molar refractivity (Wildman–Crippen MR) is 57.2 cm³/mol. The Labute approximate surface area is 84.5 Å². The predicted octanol–water partition coefficient (Wildman–Crippen LogP) is 4.58. The summed E-state index contributed by atoms with van der Waals surface area (Å²) in [5.74, 6) is 0. The SMILES string of the molecule is CC.CCc1c(Cl)cccc1Cl. The zero-order valence-electron chi connectivity index (χ0n) is 7.70. The lowest BCUT2D eigenvalue weighted by atomic mass is 10.2. The van der Waals surface area contributed by atoms with Gasteiger partial charge in [0.1, 0.15) is 0 Å². The molecule has 0 nitrogen and oxygen atoms in total. The highest BCUT2D eigenvalue weighted by Crippen LogP contribution is 2.23. The van der Waals surface area contributed by atoms with Crippen LogP contribution in [0.1, 0.15) is 26.3 Å². The fourth-order valence-electron chi connectivity index (χ4n) is 0.870. The molecule has 0 amide bonds. The van der Waals surface area contributed by atoms with E-state index in [1.54, 1.807) is 0 Å². The van der Waals surface area contributed by atoms with Crippen molar-refractivity contribution in [2.75, 3.05) is 0 Å². The number of hydrogen-bond donors (Lipinski definition) is 0. The smallest absolute Gasteiger partial charge is 0.0452 e. The van der Waals surface area contributed by atoms with Crippen LogP contribution in [0.5, 0.6) is 0 Å². The van der Waals surface area contributed by atoms with Crippen molar-refractivity contribution >= 4 is 23.2 Å². The summed E-state index contributed by atoms with van der Waals surface area (Å²) in [6, 6.07) is 5.56. The zero-order valence-corrected chi connectivity index (χ0v) is 9.21. The van der Waals surface area contributed by atoms with Gasteiger partial charge in [-0.25, -0.2) is 0 Å². The minimum Gasteiger partial charge on any atom is -0.0840 e. The molecule has 0 radical (unpaired) electrons. The Bertz CT molecular complexity index is 211. The Hall–Kier alpha value is -0.200. The van der Waals surface area contributed by atoms with Crippen molar-refractivity contribution in [3.05, 3.63) is 33.8 Å². The molecule has 0 fully saturated rings. The van der Waals surface area contributed by atoms with E-state index in [0.717, 1.165) is 22.0 Å². The van der Waals surface area contributed by atoms with Gasteiger partial charge in [-0.15, -0.1) is 0 Å². The molecule has 0 saturated heterocycles. The molecule has 1 rings (SSSR count). The van der Waals surface area contributed by atoms with Gasteiger partial charge in [-0.05, 0) is 24.1 Å². The van der Waals surface area contributed by atoms with Gasteiger partial charge in [0, 0.05) is 10.0 Å². The summed E-state index contributed by atoms with van der Waals surface area (Å²) >= 11 is 11.7. The molecular weight excluding hydrogens is 191 g/mol. The normalized spacial score (nSPS) is 8.75. The molecule has 0 aliphatic carbocycles. The standard InChI is InChI=1S/C8H8Cl2.C2H6/c1-2-6-7(9)4-3-5-8(6)10;1-2/h3-5H,2H2,1H3;1-2H3. The third-order valence-electron chi connectivity index (χ3n) is 1.42. The first-order valence-electron chi connectivity index (χ1n) is 4.18. The van der Waals surface area contributed by atoms with Gasteiger partial charge in [0.25, 0.3) is 0 Å². The molecule has 0 heterocycles. The topological polar surface area (TPSA) is 0 Å². The molecule has 0 N–H and O–H groups in total. The van der Waals surface area contributed by atoms with Gasteiger partial charge in [0.05, 0.1) is 0 Å². The van der Waals surface area contributed by atoms with Crippen LogP contribution in [-0.2, 0) is 6.42 Å². The van der Waals surface area contributed by atoms with E-state index in [9.17, 15) is 0 Å². The van der Waals surface area contributed by atoms with Crippen LogP contribution in [0.4, 0.5) is 0 Å². The maximum absolute atomic E-state index is 5.85. The van der Waals surface area contributed by atoms with Crippen LogP contribution in [0.3, 0.4) is 0 Å². The number of halogens is 2. The Balaban J connectivity index is 0.000000561. The van der Waals surface area contributed by atoms with Gasteiger partial charge in [0.2, 0.25) is 0 Å². The first-order valence-corrected chi connectivity index (χ1v) is 4.94. The third-order valence-corrected chi connectivity index (χ3v) is 2.12. The maximum Gasteiger partial charge on any atom is 0.0452 e. The average Bonchev–Trinajstić information content (AvgIpc) is 2.08. The summed E-state index contributed by atoms with van der Waals surface area (Å²) < 4.78 is 0. The molecule has 0 aliphatic heterocycles. The molecule has 1 aromatic rings. The molecule has 0 bridgehead atoms. The summed E-state index contributed by atoms with van der Waals surface area (Å²) in [6.07, 6.45) is 0.887. The lowest BCUT2D eigenvalue weighted by Crippen LogP contribution is -1.82. The maximum atomic E-state index is 5.85. The van der Waals surface area contributed by atoms with Crippen molar-refractivity contribution in [3.8, 4) is 0 Å². The van der Waals surface area contributed by atoms with Gasteiger partial charge < -0.3 is 0 Å². The van der Waals surface area contributed by atoms with Crippen molar-refractivity contribution in [1.82, 2.24) is 0 Å². The monoisotopic (exact) mass is 204 g/mol. The summed E-state index contributed by atoms with van der Waals surface area (Å²) in [7, 11) is 0. The molecule has 0 atom stereocenters. The molecule has 68 valence electrons. The fraction of sp³-hybridized carbons (Fsp3) is 0.400. The molecule has 2 heteroatoms. The van der Waals surface area contributed by atoms with E-state index in [4.69, 9.17) is 23.2 Å². The molecule has 1 aromatic carbocycles. The van der Waals surface area contributed by atoms with Crippen LogP contribution in [0, 0.1) is 0 Å². The lowest BCUT2D eigenvalue weighted by molar-refractivity contribution is 1.14. The van der Waals surface area contributed by atoms with Crippen LogP contribution in [0.2, 0.25) is 10.0 Å². The average molecular weight is 205 g/mol. The van der Waals surface area contributed by atoms with Gasteiger partial charge in [-0.1, -0.05) is 50.0 Å². The first kappa shape index (κ1) is 11.8. The highest BCUT2D eigenvalue weighted by atomic mass is 35.5. The number of hydrogen-bond acceptors (Lipinski definition) is 0. The highest BCUT2D eigenvalue weighted by molar-refractivity contribution is 6.35. The van der Waals surface area contributed by atoms with E-state index in [2.05, 4.69) is 0 Å². The van der Waals surface area contributed by atoms with Crippen molar-refractivity contribution in [3.63, 3.8) is 0 Å². The second-order valence-corrected chi connectivity index (χ2v) is 2.87. The second kappa shape index (κ2) is 6.33. The third kappa shape index (κ3) is 3.04. The summed E-state index contributed by atoms with van der Waals surface area (Å²) in [4.78, 5) is 0. The molecular formula is C10H14Cl2. The largest absolute Gasteiger partial charge is 0.0840 e. The molecule has 0 unspecified atom stereocenters. The van der Waals surface area contributed by atoms with E-state index in [1.807, 2.05) is 39.0 Å². The minimum atomic E-state index is 0.759. The van der Waals surface area contributed by atoms with E-state index in [-0.39, 0.29) is 0 Å². The van der Waals surface area contributed by atoms with Crippen LogP contribution in [-0.4, -0.2) is 0 Å². The Morgan fingerprint density at radius 1 is 1.08 bits per heavy atom. The van der Waals surface area contributed by atoms with Crippen LogP contribution >= 0.6 is 23.2 Å². The van der Waals surface area contributed by atoms with Crippen molar-refractivity contribution in [2.24, 2.45) is 0 Å². The van der Waals surface area contributed by atoms with Crippen LogP contribution < -0.4 is 0 Å². The Morgan fingerprint density at radius 2 is 1.50 bits per heavy atom. The van der Waals surface area contributed by atoms with Crippen molar-refractivity contribution in [2.45, 2.75) is 27.2 Å². The molecule has 12 heavy (non-hydrogen) atoms.